The first kappa shape index (κ1) is 20.7. The molecule has 2 aromatic carbocycles. The van der Waals surface area contributed by atoms with Crippen molar-refractivity contribution in [3.8, 4) is 11.1 Å². The minimum absolute atomic E-state index is 0. The molecule has 0 bridgehead atoms. The van der Waals surface area contributed by atoms with Crippen molar-refractivity contribution in [3.05, 3.63) is 54.4 Å². The van der Waals surface area contributed by atoms with Crippen LogP contribution in [-0.4, -0.2) is 27.8 Å². The second kappa shape index (κ2) is 8.57. The van der Waals surface area contributed by atoms with Gasteiger partial charge in [0.05, 0.1) is 5.52 Å². The van der Waals surface area contributed by atoms with Crippen molar-refractivity contribution in [3.63, 3.8) is 0 Å². The van der Waals surface area contributed by atoms with Gasteiger partial charge in [-0.2, -0.15) is 0 Å². The Bertz CT molecular complexity index is 1070. The van der Waals surface area contributed by atoms with Gasteiger partial charge in [0.25, 0.3) is 0 Å². The number of hydrogen-bond donors (Lipinski definition) is 1. The first-order chi connectivity index (χ1) is 13.5. The summed E-state index contributed by atoms with van der Waals surface area (Å²) in [7, 11) is 0. The Hall–Kier alpha value is -2.99. The predicted molar refractivity (Wildman–Crippen MR) is 116 cm³/mol. The van der Waals surface area contributed by atoms with Crippen molar-refractivity contribution in [1.29, 1.82) is 0 Å². The normalized spacial score (nSPS) is 12.9. The van der Waals surface area contributed by atoms with Crippen LogP contribution in [0.3, 0.4) is 0 Å². The maximum atomic E-state index is 12.2. The second-order valence-electron chi connectivity index (χ2n) is 7.16. The van der Waals surface area contributed by atoms with Crippen LogP contribution in [0.25, 0.3) is 22.0 Å². The predicted octanol–water partition coefficient (Wildman–Crippen LogP) is 3.87. The molecule has 6 nitrogen and oxygen atoms in total. The van der Waals surface area contributed by atoms with E-state index >= 15 is 0 Å². The number of carbonyl (C=O) groups is 2. The van der Waals surface area contributed by atoms with Crippen LogP contribution >= 0.6 is 12.4 Å². The first-order valence-electron chi connectivity index (χ1n) is 9.41. The number of amides is 2. The lowest BCUT2D eigenvalue weighted by molar-refractivity contribution is -0.119. The van der Waals surface area contributed by atoms with Crippen LogP contribution in [0, 0.1) is 0 Å². The molecule has 0 aliphatic heterocycles. The zero-order valence-corrected chi connectivity index (χ0v) is 17.2. The van der Waals surface area contributed by atoms with Crippen LogP contribution in [0.1, 0.15) is 32.3 Å². The van der Waals surface area contributed by atoms with Gasteiger partial charge in [-0.05, 0) is 47.7 Å². The summed E-state index contributed by atoms with van der Waals surface area (Å²) in [4.78, 5) is 34.0. The Kier molecular flexibility index (Phi) is 6.13. The summed E-state index contributed by atoms with van der Waals surface area (Å²) in [6.07, 6.45) is 3.54. The largest absolute Gasteiger partial charge is 0.352 e. The molecule has 0 radical (unpaired) electrons. The lowest BCUT2D eigenvalue weighted by Gasteiger charge is -2.21. The number of carbonyl (C=O) groups excluding carboxylic acids is 2. The fraction of sp³-hybridized carbons (Fsp3) is 0.273. The third-order valence-corrected chi connectivity index (χ3v) is 4.90. The summed E-state index contributed by atoms with van der Waals surface area (Å²) in [5.41, 5.74) is 3.91. The average molecular weight is 411 g/mol. The van der Waals surface area contributed by atoms with Crippen molar-refractivity contribution < 1.29 is 9.59 Å². The van der Waals surface area contributed by atoms with E-state index < -0.39 is 0 Å². The average Bonchev–Trinajstić information content (AvgIpc) is 3.51. The van der Waals surface area contributed by atoms with Crippen LogP contribution in [0.2, 0.25) is 0 Å². The van der Waals surface area contributed by atoms with Crippen LogP contribution in [0.4, 0.5) is 5.82 Å². The highest BCUT2D eigenvalue weighted by atomic mass is 35.5. The van der Waals surface area contributed by atoms with Gasteiger partial charge in [-0.1, -0.05) is 24.3 Å². The van der Waals surface area contributed by atoms with Gasteiger partial charge in [-0.3, -0.25) is 14.5 Å². The molecular weight excluding hydrogens is 388 g/mol. The van der Waals surface area contributed by atoms with Gasteiger partial charge in [-0.25, -0.2) is 9.97 Å². The van der Waals surface area contributed by atoms with Gasteiger partial charge in [0.1, 0.15) is 12.1 Å². The summed E-state index contributed by atoms with van der Waals surface area (Å²) in [5.74, 6) is 0.628. The van der Waals surface area contributed by atoms with Gasteiger partial charge in [0.2, 0.25) is 11.8 Å². The molecule has 1 saturated carbocycles. The van der Waals surface area contributed by atoms with Gasteiger partial charge in [0, 0.05) is 31.8 Å². The van der Waals surface area contributed by atoms with Crippen molar-refractivity contribution in [2.75, 3.05) is 4.90 Å². The maximum absolute atomic E-state index is 12.2. The molecule has 2 amide bonds. The number of nitrogens with zero attached hydrogens (tertiary/aromatic N) is 3. The van der Waals surface area contributed by atoms with E-state index in [1.54, 1.807) is 11.8 Å². The van der Waals surface area contributed by atoms with Gasteiger partial charge in [0.15, 0.2) is 0 Å². The Morgan fingerprint density at radius 1 is 1.07 bits per heavy atom. The van der Waals surface area contributed by atoms with Crippen molar-refractivity contribution in [2.45, 2.75) is 39.3 Å². The van der Waals surface area contributed by atoms with Gasteiger partial charge in [-0.15, -0.1) is 12.4 Å². The quantitative estimate of drug-likeness (QED) is 0.692. The molecule has 1 aliphatic rings. The molecule has 7 heteroatoms. The van der Waals surface area contributed by atoms with E-state index in [1.807, 2.05) is 36.4 Å². The third kappa shape index (κ3) is 4.54. The second-order valence-corrected chi connectivity index (χ2v) is 7.16. The molecule has 1 N–H and O–H groups in total. The molecule has 0 atom stereocenters. The van der Waals surface area contributed by atoms with Crippen molar-refractivity contribution in [1.82, 2.24) is 15.3 Å². The third-order valence-electron chi connectivity index (χ3n) is 4.90. The SMILES string of the molecule is CC(=O)NCc1cccc(-c2ccc3ncnc(N(C(C)=O)C4CC4)c3c2)c1.Cl. The first-order valence-corrected chi connectivity index (χ1v) is 9.41. The van der Waals surface area contributed by atoms with Crippen LogP contribution in [0.15, 0.2) is 48.8 Å². The van der Waals surface area contributed by atoms with Crippen LogP contribution < -0.4 is 10.2 Å². The minimum atomic E-state index is -0.0534. The number of nitrogens with one attached hydrogen (secondary N) is 1. The van der Waals surface area contributed by atoms with E-state index in [4.69, 9.17) is 0 Å². The van der Waals surface area contributed by atoms with E-state index in [-0.39, 0.29) is 30.3 Å². The van der Waals surface area contributed by atoms with E-state index in [1.165, 1.54) is 13.3 Å². The van der Waals surface area contributed by atoms with Gasteiger partial charge >= 0.3 is 0 Å². The molecule has 0 saturated heterocycles. The van der Waals surface area contributed by atoms with Crippen LogP contribution in [-0.2, 0) is 16.1 Å². The highest BCUT2D eigenvalue weighted by Crippen LogP contribution is 2.35. The summed E-state index contributed by atoms with van der Waals surface area (Å²) in [5, 5.41) is 3.69. The molecule has 0 unspecified atom stereocenters. The van der Waals surface area contributed by atoms with Crippen molar-refractivity contribution >= 4 is 40.9 Å². The molecule has 1 aromatic heterocycles. The molecule has 29 heavy (non-hydrogen) atoms. The fourth-order valence-corrected chi connectivity index (χ4v) is 3.41. The number of anilines is 1. The van der Waals surface area contributed by atoms with E-state index in [0.717, 1.165) is 40.4 Å². The summed E-state index contributed by atoms with van der Waals surface area (Å²) < 4.78 is 0. The van der Waals surface area contributed by atoms with Gasteiger partial charge < -0.3 is 5.32 Å². The molecule has 1 heterocycles. The number of aromatic nitrogens is 2. The van der Waals surface area contributed by atoms with Crippen LogP contribution in [0.5, 0.6) is 0 Å². The molecule has 3 aromatic rings. The molecule has 150 valence electrons. The molecule has 1 fully saturated rings. The highest BCUT2D eigenvalue weighted by molar-refractivity contribution is 6.02. The highest BCUT2D eigenvalue weighted by Gasteiger charge is 2.33. The molecule has 0 spiro atoms. The molecule has 1 aliphatic carbocycles. The minimum Gasteiger partial charge on any atom is -0.352 e. The van der Waals surface area contributed by atoms with E-state index in [0.29, 0.717) is 12.4 Å². The number of benzene rings is 2. The standard InChI is InChI=1S/C22H22N4O2.ClH/c1-14(27)23-12-16-4-3-5-17(10-16)18-6-9-21-20(11-18)22(25-13-24-21)26(15(2)28)19-7-8-19;/h3-6,9-11,13,19H,7-8,12H2,1-2H3,(H,23,27);1H. The number of fused-ring (bicyclic) bond motifs is 1. The Morgan fingerprint density at radius 2 is 1.83 bits per heavy atom. The zero-order valence-electron chi connectivity index (χ0n) is 16.4. The fourth-order valence-electron chi connectivity index (χ4n) is 3.41. The summed E-state index contributed by atoms with van der Waals surface area (Å²) >= 11 is 0. The molecule has 4 rings (SSSR count). The lowest BCUT2D eigenvalue weighted by atomic mass is 10.0. The van der Waals surface area contributed by atoms with Crippen molar-refractivity contribution in [2.24, 2.45) is 0 Å². The Balaban J connectivity index is 0.00000240. The lowest BCUT2D eigenvalue weighted by Crippen LogP contribution is -2.31. The summed E-state index contributed by atoms with van der Waals surface area (Å²) in [6, 6.07) is 14.3. The Morgan fingerprint density at radius 3 is 2.52 bits per heavy atom. The monoisotopic (exact) mass is 410 g/mol. The van der Waals surface area contributed by atoms with E-state index in [9.17, 15) is 9.59 Å². The zero-order chi connectivity index (χ0) is 19.7. The topological polar surface area (TPSA) is 75.2 Å². The van der Waals surface area contributed by atoms with E-state index in [2.05, 4.69) is 21.4 Å². The smallest absolute Gasteiger partial charge is 0.225 e. The number of halogens is 1. The Labute approximate surface area is 175 Å². The number of hydrogen-bond acceptors (Lipinski definition) is 4. The molecular formula is C22H23ClN4O2. The summed E-state index contributed by atoms with van der Waals surface area (Å²) in [6.45, 7) is 3.59. The number of rotatable bonds is 5. The maximum Gasteiger partial charge on any atom is 0.225 e.